The second-order valence-electron chi connectivity index (χ2n) is 14.7. The number of allylic oxidation sites excluding steroid dienone is 4. The van der Waals surface area contributed by atoms with Crippen LogP contribution < -0.4 is 0 Å². The number of phosphoric ester groups is 1. The van der Waals surface area contributed by atoms with Crippen LogP contribution in [-0.4, -0.2) is 74.9 Å². The third-order valence-electron chi connectivity index (χ3n) is 8.48. The van der Waals surface area contributed by atoms with Crippen LogP contribution in [0, 0.1) is 0 Å². The minimum Gasteiger partial charge on any atom is -0.462 e. The fourth-order valence-electron chi connectivity index (χ4n) is 5.28. The van der Waals surface area contributed by atoms with Crippen molar-refractivity contribution in [2.24, 2.45) is 0 Å². The van der Waals surface area contributed by atoms with Crippen LogP contribution >= 0.6 is 7.82 Å². The van der Waals surface area contributed by atoms with E-state index in [1.807, 2.05) is 21.1 Å². The van der Waals surface area contributed by atoms with Gasteiger partial charge < -0.3 is 18.9 Å². The molecule has 0 aromatic rings. The summed E-state index contributed by atoms with van der Waals surface area (Å²) < 4.78 is 34.1. The van der Waals surface area contributed by atoms with E-state index in [9.17, 15) is 19.0 Å². The minimum atomic E-state index is -4.36. The zero-order chi connectivity index (χ0) is 37.2. The summed E-state index contributed by atoms with van der Waals surface area (Å²) in [7, 11) is 1.47. The molecular weight excluding hydrogens is 653 g/mol. The Bertz CT molecular complexity index is 918. The summed E-state index contributed by atoms with van der Waals surface area (Å²) in [4.78, 5) is 35.1. The lowest BCUT2D eigenvalue weighted by molar-refractivity contribution is -0.870. The molecule has 0 saturated carbocycles. The maximum absolute atomic E-state index is 12.6. The van der Waals surface area contributed by atoms with Gasteiger partial charge in [0.1, 0.15) is 19.8 Å². The van der Waals surface area contributed by atoms with Crippen molar-refractivity contribution in [2.75, 3.05) is 47.5 Å². The average molecular weight is 731 g/mol. The fraction of sp³-hybridized carbons (Fsp3) is 0.850. The Hall–Kier alpha value is -1.51. The van der Waals surface area contributed by atoms with Crippen LogP contribution in [0.2, 0.25) is 0 Å². The number of quaternary nitrogens is 1. The molecule has 0 radical (unpaired) electrons. The fourth-order valence-corrected chi connectivity index (χ4v) is 6.02. The van der Waals surface area contributed by atoms with Crippen molar-refractivity contribution in [3.8, 4) is 0 Å². The summed E-state index contributed by atoms with van der Waals surface area (Å²) in [6, 6.07) is 0. The highest BCUT2D eigenvalue weighted by Gasteiger charge is 2.27. The number of ether oxygens (including phenoxy) is 2. The van der Waals surface area contributed by atoms with E-state index in [4.69, 9.17) is 18.5 Å². The van der Waals surface area contributed by atoms with Crippen LogP contribution in [0.4, 0.5) is 0 Å². The molecule has 1 N–H and O–H groups in total. The second kappa shape index (κ2) is 33.3. The van der Waals surface area contributed by atoms with Gasteiger partial charge in [-0.15, -0.1) is 0 Å². The highest BCUT2D eigenvalue weighted by atomic mass is 31.2. The minimum absolute atomic E-state index is 0.0318. The van der Waals surface area contributed by atoms with Crippen LogP contribution in [0.15, 0.2) is 24.3 Å². The van der Waals surface area contributed by atoms with Crippen LogP contribution in [0.5, 0.6) is 0 Å². The van der Waals surface area contributed by atoms with Gasteiger partial charge in [0.25, 0.3) is 0 Å². The zero-order valence-corrected chi connectivity index (χ0v) is 33.8. The van der Waals surface area contributed by atoms with Crippen molar-refractivity contribution in [1.82, 2.24) is 0 Å². The van der Waals surface area contributed by atoms with E-state index in [1.165, 1.54) is 83.5 Å². The molecule has 1 unspecified atom stereocenters. The second-order valence-corrected chi connectivity index (χ2v) is 16.1. The van der Waals surface area contributed by atoms with Crippen molar-refractivity contribution < 1.29 is 42.1 Å². The number of unbranched alkanes of at least 4 members (excludes halogenated alkanes) is 18. The van der Waals surface area contributed by atoms with Gasteiger partial charge in [-0.3, -0.25) is 18.6 Å². The predicted octanol–water partition coefficient (Wildman–Crippen LogP) is 10.8. The Morgan fingerprint density at radius 2 is 1.08 bits per heavy atom. The van der Waals surface area contributed by atoms with Crippen LogP contribution in [0.3, 0.4) is 0 Å². The summed E-state index contributed by atoms with van der Waals surface area (Å²) >= 11 is 0. The van der Waals surface area contributed by atoms with Crippen molar-refractivity contribution in [3.63, 3.8) is 0 Å². The molecular formula is C40H77NO8P+. The maximum Gasteiger partial charge on any atom is 0.472 e. The third kappa shape index (κ3) is 36.3. The number of phosphoric acid groups is 1. The number of likely N-dealkylation sites (N-methyl/N-ethyl adjacent to an activating group) is 1. The first-order valence-electron chi connectivity index (χ1n) is 20.1. The number of rotatable bonds is 36. The maximum atomic E-state index is 12.6. The topological polar surface area (TPSA) is 108 Å². The van der Waals surface area contributed by atoms with E-state index in [0.717, 1.165) is 51.4 Å². The largest absolute Gasteiger partial charge is 0.472 e. The number of esters is 2. The summed E-state index contributed by atoms with van der Waals surface area (Å²) in [5, 5.41) is 0. The number of hydrogen-bond acceptors (Lipinski definition) is 7. The van der Waals surface area contributed by atoms with E-state index >= 15 is 0 Å². The van der Waals surface area contributed by atoms with E-state index in [0.29, 0.717) is 17.4 Å². The van der Waals surface area contributed by atoms with Crippen LogP contribution in [0.25, 0.3) is 0 Å². The van der Waals surface area contributed by atoms with Crippen molar-refractivity contribution >= 4 is 19.8 Å². The van der Waals surface area contributed by atoms with Crippen LogP contribution in [-0.2, 0) is 32.7 Å². The van der Waals surface area contributed by atoms with Gasteiger partial charge in [0.2, 0.25) is 0 Å². The smallest absolute Gasteiger partial charge is 0.462 e. The molecule has 10 heteroatoms. The van der Waals surface area contributed by atoms with E-state index in [1.54, 1.807) is 0 Å². The lowest BCUT2D eigenvalue weighted by Crippen LogP contribution is -2.37. The first-order valence-corrected chi connectivity index (χ1v) is 21.6. The van der Waals surface area contributed by atoms with Gasteiger partial charge in [0.05, 0.1) is 27.7 Å². The highest BCUT2D eigenvalue weighted by Crippen LogP contribution is 2.43. The first kappa shape index (κ1) is 48.5. The quantitative estimate of drug-likeness (QED) is 0.0223. The Morgan fingerprint density at radius 1 is 0.620 bits per heavy atom. The van der Waals surface area contributed by atoms with Gasteiger partial charge in [-0.25, -0.2) is 4.57 Å². The summed E-state index contributed by atoms with van der Waals surface area (Å²) in [5.41, 5.74) is 0. The molecule has 0 bridgehead atoms. The molecule has 0 fully saturated rings. The van der Waals surface area contributed by atoms with Crippen molar-refractivity contribution in [3.05, 3.63) is 24.3 Å². The molecule has 0 aliphatic carbocycles. The van der Waals surface area contributed by atoms with Crippen LogP contribution in [0.1, 0.15) is 168 Å². The normalized spacial score (nSPS) is 14.0. The SMILES string of the molecule is CCCCC/C=C/C/C=C/CCCCCCCCCC(=O)OC[C@@H](COP(=O)(O)OCC[N+](C)(C)C)OC(=O)CCCCCCCCCCC. The average Bonchev–Trinajstić information content (AvgIpc) is 3.06. The highest BCUT2D eigenvalue weighted by molar-refractivity contribution is 7.47. The number of carbonyl (C=O) groups excluding carboxylic acids is 2. The van der Waals surface area contributed by atoms with Crippen molar-refractivity contribution in [2.45, 2.75) is 174 Å². The van der Waals surface area contributed by atoms with Gasteiger partial charge in [-0.2, -0.15) is 0 Å². The Labute approximate surface area is 307 Å². The molecule has 0 aliphatic rings. The molecule has 294 valence electrons. The first-order chi connectivity index (χ1) is 24.0. The van der Waals surface area contributed by atoms with Gasteiger partial charge in [-0.05, 0) is 44.9 Å². The lowest BCUT2D eigenvalue weighted by atomic mass is 10.1. The van der Waals surface area contributed by atoms with E-state index in [2.05, 4.69) is 38.2 Å². The Kier molecular flexibility index (Phi) is 32.3. The standard InChI is InChI=1S/C40H76NO8P/c1-6-8-10-12-14-16-17-18-19-20-21-22-23-25-26-28-30-32-39(42)46-36-38(37-48-50(44,45)47-35-34-41(3,4)5)49-40(43)33-31-29-27-24-15-13-11-9-7-2/h14,16,18-19,38H,6-13,15,17,20-37H2,1-5H3/p+1/b16-14+,19-18+/t38-/m0/s1. The Balaban J connectivity index is 4.35. The third-order valence-corrected chi connectivity index (χ3v) is 9.47. The van der Waals surface area contributed by atoms with Crippen molar-refractivity contribution in [1.29, 1.82) is 0 Å². The molecule has 0 aromatic heterocycles. The molecule has 0 aliphatic heterocycles. The molecule has 9 nitrogen and oxygen atoms in total. The molecule has 0 saturated heterocycles. The monoisotopic (exact) mass is 731 g/mol. The molecule has 0 aromatic carbocycles. The predicted molar refractivity (Wildman–Crippen MR) is 206 cm³/mol. The van der Waals surface area contributed by atoms with Gasteiger partial charge in [0.15, 0.2) is 6.10 Å². The summed E-state index contributed by atoms with van der Waals surface area (Å²) in [5.74, 6) is -0.809. The Morgan fingerprint density at radius 3 is 1.62 bits per heavy atom. The molecule has 0 spiro atoms. The molecule has 0 heterocycles. The number of nitrogens with zero attached hydrogens (tertiary/aromatic N) is 1. The van der Waals surface area contributed by atoms with Gasteiger partial charge in [-0.1, -0.05) is 134 Å². The van der Waals surface area contributed by atoms with E-state index < -0.39 is 26.5 Å². The van der Waals surface area contributed by atoms with Gasteiger partial charge in [0, 0.05) is 12.8 Å². The number of hydrogen-bond donors (Lipinski definition) is 1. The lowest BCUT2D eigenvalue weighted by Gasteiger charge is -2.24. The molecule has 0 amide bonds. The van der Waals surface area contributed by atoms with E-state index in [-0.39, 0.29) is 32.0 Å². The zero-order valence-electron chi connectivity index (χ0n) is 32.9. The number of carbonyl (C=O) groups is 2. The molecule has 50 heavy (non-hydrogen) atoms. The van der Waals surface area contributed by atoms with Gasteiger partial charge >= 0.3 is 19.8 Å². The molecule has 2 atom stereocenters. The summed E-state index contributed by atoms with van der Waals surface area (Å²) in [6.07, 6.45) is 33.7. The molecule has 0 rings (SSSR count). The summed E-state index contributed by atoms with van der Waals surface area (Å²) in [6.45, 7) is 4.36.